The Balaban J connectivity index is 0.000000207. The molecule has 336 valence electrons. The molecular weight excluding hydrogens is 787 g/mol. The number of hydrogen-bond donors (Lipinski definition) is 6. The van der Waals surface area contributed by atoms with Crippen molar-refractivity contribution in [2.75, 3.05) is 5.73 Å². The third-order valence-electron chi connectivity index (χ3n) is 9.29. The highest BCUT2D eigenvalue weighted by Crippen LogP contribution is 2.19. The van der Waals surface area contributed by atoms with E-state index in [0.717, 1.165) is 17.0 Å². The second-order valence-corrected chi connectivity index (χ2v) is 16.1. The summed E-state index contributed by atoms with van der Waals surface area (Å²) in [5, 5.41) is 5.72. The lowest BCUT2D eigenvalue weighted by molar-refractivity contribution is -0.116. The number of nitrogens with one attached hydrogen (secondary N) is 3. The third kappa shape index (κ3) is 13.1. The van der Waals surface area contributed by atoms with Gasteiger partial charge in [0.2, 0.25) is 0 Å². The molecule has 1 unspecified atom stereocenters. The summed E-state index contributed by atoms with van der Waals surface area (Å²) >= 11 is 0. The van der Waals surface area contributed by atoms with E-state index in [0.29, 0.717) is 75.8 Å². The second kappa shape index (κ2) is 21.7. The number of nitrogen functional groups attached to an aromatic ring is 1. The molecule has 4 aromatic rings. The normalized spacial score (nSPS) is 16.0. The molecule has 0 bridgehead atoms. The first-order valence-electron chi connectivity index (χ1n) is 20.5. The monoisotopic (exact) mass is 854 g/mol. The number of rotatable bonds is 5. The molecule has 3 aliphatic heterocycles. The minimum atomic E-state index is -0.174. The SMILES string of the molecule is C=C1N=C(N)C=CN1C(C)C.C=C1NC(=O)C=CN1C(C)C.C=C1NC(N)C(C)=CN1C(C)C.Cc1nc(N)c2ncn(C(C)C)c2n1.Cc1nc2c(ncn2C(C)C)c(=O)[nH]1. The zero-order valence-electron chi connectivity index (χ0n) is 38.6. The summed E-state index contributed by atoms with van der Waals surface area (Å²) in [5.41, 5.74) is 20.5. The van der Waals surface area contributed by atoms with Gasteiger partial charge in [-0.05, 0) is 102 Å². The van der Waals surface area contributed by atoms with Gasteiger partial charge in [0.15, 0.2) is 22.6 Å². The first-order chi connectivity index (χ1) is 28.9. The zero-order chi connectivity index (χ0) is 46.7. The quantitative estimate of drug-likeness (QED) is 0.152. The average molecular weight is 854 g/mol. The van der Waals surface area contributed by atoms with Gasteiger partial charge in [-0.2, -0.15) is 0 Å². The lowest BCUT2D eigenvalue weighted by Gasteiger charge is -2.35. The maximum absolute atomic E-state index is 11.5. The highest BCUT2D eigenvalue weighted by atomic mass is 16.1. The fourth-order valence-corrected chi connectivity index (χ4v) is 5.98. The number of nitrogens with zero attached hydrogens (tertiary/aromatic N) is 11. The molecule has 3 aliphatic rings. The average Bonchev–Trinajstić information content (AvgIpc) is 3.79. The lowest BCUT2D eigenvalue weighted by atomic mass is 10.2. The molecule has 0 aliphatic carbocycles. The van der Waals surface area contributed by atoms with Crippen LogP contribution in [0.25, 0.3) is 22.3 Å². The highest BCUT2D eigenvalue weighted by molar-refractivity contribution is 5.92. The molecular formula is C43H67N17O2. The summed E-state index contributed by atoms with van der Waals surface area (Å²) in [6.07, 6.45) is 12.3. The van der Waals surface area contributed by atoms with Gasteiger partial charge in [-0.15, -0.1) is 0 Å². The zero-order valence-corrected chi connectivity index (χ0v) is 38.6. The summed E-state index contributed by atoms with van der Waals surface area (Å²) in [6.45, 7) is 37.6. The van der Waals surface area contributed by atoms with Crippen molar-refractivity contribution in [3.63, 3.8) is 0 Å². The van der Waals surface area contributed by atoms with Crippen molar-refractivity contribution in [2.24, 2.45) is 16.5 Å². The third-order valence-corrected chi connectivity index (χ3v) is 9.29. The lowest BCUT2D eigenvalue weighted by Crippen LogP contribution is -2.47. The molecule has 0 fully saturated rings. The summed E-state index contributed by atoms with van der Waals surface area (Å²) in [7, 11) is 0. The molecule has 1 atom stereocenters. The van der Waals surface area contributed by atoms with Gasteiger partial charge in [0, 0.05) is 54.9 Å². The number of amidine groups is 1. The van der Waals surface area contributed by atoms with Gasteiger partial charge >= 0.3 is 0 Å². The van der Waals surface area contributed by atoms with E-state index < -0.39 is 0 Å². The van der Waals surface area contributed by atoms with Crippen LogP contribution in [0.5, 0.6) is 0 Å². The van der Waals surface area contributed by atoms with Crippen molar-refractivity contribution in [3.05, 3.63) is 108 Å². The molecule has 19 nitrogen and oxygen atoms in total. The van der Waals surface area contributed by atoms with Crippen LogP contribution in [0.3, 0.4) is 0 Å². The van der Waals surface area contributed by atoms with E-state index in [2.05, 4.69) is 112 Å². The topological polar surface area (TPSA) is 248 Å². The van der Waals surface area contributed by atoms with Crippen molar-refractivity contribution in [3.8, 4) is 0 Å². The molecule has 1 amide bonds. The van der Waals surface area contributed by atoms with E-state index in [1.165, 1.54) is 6.08 Å². The van der Waals surface area contributed by atoms with E-state index in [4.69, 9.17) is 17.2 Å². The van der Waals surface area contributed by atoms with E-state index in [1.54, 1.807) is 31.9 Å². The minimum absolute atomic E-state index is 0.0764. The highest BCUT2D eigenvalue weighted by Gasteiger charge is 2.19. The van der Waals surface area contributed by atoms with Gasteiger partial charge < -0.3 is 56.7 Å². The number of H-pyrrole nitrogens is 1. The molecule has 7 rings (SSSR count). The summed E-state index contributed by atoms with van der Waals surface area (Å²) in [5.74, 6) is 4.39. The Hall–Kier alpha value is -6.76. The predicted molar refractivity (Wildman–Crippen MR) is 249 cm³/mol. The second-order valence-electron chi connectivity index (χ2n) is 16.1. The van der Waals surface area contributed by atoms with Crippen LogP contribution >= 0.6 is 0 Å². The Kier molecular flexibility index (Phi) is 17.3. The van der Waals surface area contributed by atoms with Crippen LogP contribution < -0.4 is 33.4 Å². The Morgan fingerprint density at radius 3 is 1.73 bits per heavy atom. The summed E-state index contributed by atoms with van der Waals surface area (Å²) < 4.78 is 3.87. The molecule has 0 saturated carbocycles. The van der Waals surface area contributed by atoms with Gasteiger partial charge in [-0.25, -0.2) is 29.9 Å². The largest absolute Gasteiger partial charge is 0.384 e. The molecule has 9 N–H and O–H groups in total. The number of amides is 1. The molecule has 0 spiro atoms. The molecule has 0 saturated heterocycles. The molecule has 0 aromatic carbocycles. The Labute approximate surface area is 365 Å². The van der Waals surface area contributed by atoms with E-state index >= 15 is 0 Å². The Bertz CT molecular complexity index is 2410. The number of carbonyl (C=O) groups is 1. The molecule has 0 radical (unpaired) electrons. The van der Waals surface area contributed by atoms with Crippen molar-refractivity contribution in [1.29, 1.82) is 0 Å². The molecule has 4 aromatic heterocycles. The van der Waals surface area contributed by atoms with E-state index in [9.17, 15) is 9.59 Å². The molecule has 19 heteroatoms. The van der Waals surface area contributed by atoms with Crippen molar-refractivity contribution >= 4 is 39.9 Å². The van der Waals surface area contributed by atoms with E-state index in [-0.39, 0.29) is 23.7 Å². The van der Waals surface area contributed by atoms with Crippen LogP contribution in [-0.2, 0) is 4.79 Å². The van der Waals surface area contributed by atoms with Crippen LogP contribution in [0, 0.1) is 13.8 Å². The maximum atomic E-state index is 11.5. The number of aliphatic imine (C=N–C) groups is 1. The standard InChI is InChI=1S/C9H13N5.C9H12N4O.C9H17N3.C8H13N3.C8H12N2O/c1-5(2)14-4-11-7-8(10)12-6(3)13-9(7)14;1-5(2)13-4-10-7-8(13)11-6(3)12-9(7)14;1-6(2)12-5-7(3)9(10)11-8(12)4;1-6(2)11-5-4-8(9)10-7(11)3;1-6(2)10-5-4-8(11)9-7(10)3/h4-5H,1-3H3,(H2,10,12,13);4-5H,1-3H3,(H,11,12,14);5-6,9,11H,4,10H2,1-3H3;4-6H,3H2,1-2H3,(H2,9,10);4-6H,3H2,1-2H3,(H,9,11). The van der Waals surface area contributed by atoms with Crippen molar-refractivity contribution < 1.29 is 4.79 Å². The van der Waals surface area contributed by atoms with Gasteiger partial charge in [-0.3, -0.25) is 9.59 Å². The number of aromatic amines is 1. The number of carbonyl (C=O) groups excluding carboxylic acids is 1. The van der Waals surface area contributed by atoms with Crippen LogP contribution in [0.15, 0.2) is 96.0 Å². The van der Waals surface area contributed by atoms with Crippen LogP contribution in [0.1, 0.15) is 99.9 Å². The van der Waals surface area contributed by atoms with Crippen LogP contribution in [0.2, 0.25) is 0 Å². The van der Waals surface area contributed by atoms with Gasteiger partial charge in [0.1, 0.15) is 34.6 Å². The molecule has 7 heterocycles. The number of hydrogen-bond acceptors (Lipinski definition) is 15. The van der Waals surface area contributed by atoms with Crippen LogP contribution in [-0.4, -0.2) is 89.8 Å². The summed E-state index contributed by atoms with van der Waals surface area (Å²) in [6, 6.07) is 1.73. The van der Waals surface area contributed by atoms with Gasteiger partial charge in [-0.1, -0.05) is 19.7 Å². The summed E-state index contributed by atoms with van der Waals surface area (Å²) in [4.78, 5) is 55.7. The number of aryl methyl sites for hydroxylation is 2. The Morgan fingerprint density at radius 2 is 1.21 bits per heavy atom. The van der Waals surface area contributed by atoms with Gasteiger partial charge in [0.05, 0.1) is 24.6 Å². The smallest absolute Gasteiger partial charge is 0.279 e. The molecule has 62 heavy (non-hydrogen) atoms. The fraction of sp³-hybridized carbons (Fsp3) is 0.442. The number of aromatic nitrogens is 8. The van der Waals surface area contributed by atoms with Crippen LogP contribution in [0.4, 0.5) is 5.82 Å². The number of fused-ring (bicyclic) bond motifs is 2. The Morgan fingerprint density at radius 1 is 0.677 bits per heavy atom. The van der Waals surface area contributed by atoms with Gasteiger partial charge in [0.25, 0.3) is 11.5 Å². The maximum Gasteiger partial charge on any atom is 0.279 e. The first kappa shape index (κ1) is 49.6. The minimum Gasteiger partial charge on any atom is -0.384 e. The number of anilines is 1. The number of nitrogens with two attached hydrogens (primary N) is 3. The van der Waals surface area contributed by atoms with Crippen molar-refractivity contribution in [2.45, 2.75) is 126 Å². The predicted octanol–water partition coefficient (Wildman–Crippen LogP) is 5.13. The van der Waals surface area contributed by atoms with Crippen molar-refractivity contribution in [1.82, 2.24) is 64.4 Å². The van der Waals surface area contributed by atoms with E-state index in [1.807, 2.05) is 72.9 Å². The first-order valence-corrected chi connectivity index (χ1v) is 20.5. The number of imidazole rings is 2. The fourth-order valence-electron chi connectivity index (χ4n) is 5.98.